The zero-order chi connectivity index (χ0) is 29.0. The number of hydrogen-bond acceptors (Lipinski definition) is 2. The van der Waals surface area contributed by atoms with Gasteiger partial charge in [0.05, 0.1) is 27.8 Å². The number of rotatable bonds is 1. The average molecular weight is 556 g/mol. The molecule has 0 saturated heterocycles. The van der Waals surface area contributed by atoms with Gasteiger partial charge in [-0.2, -0.15) is 0 Å². The standard InChI is InChI=1S/C39H29N3O/c1-39(2,3)23-17-18-40-37(19-23)41-34-20-24(43)15-16-28(34)32-22-36-31(21-35(32)41)26-10-5-4-9-25(26)29-12-8-13-30-27-11-6-7-14-33(27)42(36)38(29)30/h4-22,43H,1-3H3. The van der Waals surface area contributed by atoms with Crippen LogP contribution in [-0.4, -0.2) is 19.2 Å². The molecule has 4 heteroatoms. The molecule has 3 aromatic heterocycles. The highest BCUT2D eigenvalue weighted by Gasteiger charge is 2.26. The summed E-state index contributed by atoms with van der Waals surface area (Å²) >= 11 is 0. The molecule has 5 aromatic carbocycles. The summed E-state index contributed by atoms with van der Waals surface area (Å²) < 4.78 is 4.67. The molecule has 1 aliphatic heterocycles. The van der Waals surface area contributed by atoms with Crippen molar-refractivity contribution in [3.05, 3.63) is 121 Å². The maximum Gasteiger partial charge on any atom is 0.137 e. The normalized spacial score (nSPS) is 12.6. The third kappa shape index (κ3) is 3.29. The van der Waals surface area contributed by atoms with Crippen LogP contribution in [0.25, 0.3) is 77.4 Å². The molecule has 1 N–H and O–H groups in total. The maximum absolute atomic E-state index is 10.7. The molecule has 0 bridgehead atoms. The summed E-state index contributed by atoms with van der Waals surface area (Å²) in [6.07, 6.45) is 1.90. The number of phenols is 1. The molecule has 9 rings (SSSR count). The minimum absolute atomic E-state index is 0.0265. The van der Waals surface area contributed by atoms with Crippen LogP contribution in [-0.2, 0) is 5.41 Å². The van der Waals surface area contributed by atoms with Crippen molar-refractivity contribution in [1.82, 2.24) is 14.1 Å². The molecule has 0 fully saturated rings. The monoisotopic (exact) mass is 555 g/mol. The number of aromatic nitrogens is 3. The van der Waals surface area contributed by atoms with Gasteiger partial charge in [-0.3, -0.25) is 4.57 Å². The Labute approximate surface area is 249 Å². The van der Waals surface area contributed by atoms with E-state index in [9.17, 15) is 5.11 Å². The average Bonchev–Trinajstić information content (AvgIpc) is 3.47. The SMILES string of the molecule is CC(C)(C)c1ccnc(-n2c3cc(O)ccc3c3cc4c(cc32)-c2ccccc2-c2cccc3c5ccccc5n-4c23)c1. The van der Waals surface area contributed by atoms with Gasteiger partial charge in [-0.25, -0.2) is 4.98 Å². The van der Waals surface area contributed by atoms with Crippen LogP contribution >= 0.6 is 0 Å². The Balaban J connectivity index is 1.49. The summed E-state index contributed by atoms with van der Waals surface area (Å²) in [6.45, 7) is 6.67. The van der Waals surface area contributed by atoms with E-state index in [0.29, 0.717) is 0 Å². The van der Waals surface area contributed by atoms with Crippen LogP contribution in [0.3, 0.4) is 0 Å². The van der Waals surface area contributed by atoms with E-state index in [1.165, 1.54) is 49.6 Å². The summed E-state index contributed by atoms with van der Waals surface area (Å²) in [4.78, 5) is 4.87. The molecule has 0 amide bonds. The number of phenolic OH excluding ortho intramolecular Hbond substituents is 1. The third-order valence-corrected chi connectivity index (χ3v) is 9.15. The molecule has 1 aliphatic rings. The van der Waals surface area contributed by atoms with Gasteiger partial charge in [0.2, 0.25) is 0 Å². The van der Waals surface area contributed by atoms with Gasteiger partial charge in [0, 0.05) is 44.9 Å². The number of benzene rings is 5. The lowest BCUT2D eigenvalue weighted by Gasteiger charge is -2.20. The fourth-order valence-corrected chi connectivity index (χ4v) is 7.13. The summed E-state index contributed by atoms with van der Waals surface area (Å²) in [5.74, 6) is 1.08. The Morgan fingerprint density at radius 3 is 2.09 bits per heavy atom. The van der Waals surface area contributed by atoms with Crippen LogP contribution in [0, 0.1) is 0 Å². The van der Waals surface area contributed by atoms with Crippen LogP contribution in [0.1, 0.15) is 26.3 Å². The van der Waals surface area contributed by atoms with E-state index in [1.807, 2.05) is 18.3 Å². The van der Waals surface area contributed by atoms with Crippen LogP contribution < -0.4 is 0 Å². The van der Waals surface area contributed by atoms with Crippen molar-refractivity contribution in [1.29, 1.82) is 0 Å². The van der Waals surface area contributed by atoms with Gasteiger partial charge in [-0.15, -0.1) is 0 Å². The topological polar surface area (TPSA) is 43.0 Å². The van der Waals surface area contributed by atoms with Gasteiger partial charge in [-0.05, 0) is 64.6 Å². The lowest BCUT2D eigenvalue weighted by molar-refractivity contribution is 0.476. The van der Waals surface area contributed by atoms with E-state index in [4.69, 9.17) is 4.98 Å². The summed E-state index contributed by atoms with van der Waals surface area (Å²) in [5.41, 5.74) is 11.6. The Hall–Kier alpha value is -5.35. The second-order valence-corrected chi connectivity index (χ2v) is 12.7. The Morgan fingerprint density at radius 1 is 0.558 bits per heavy atom. The largest absolute Gasteiger partial charge is 0.508 e. The number of para-hydroxylation sites is 2. The molecule has 4 nitrogen and oxygen atoms in total. The van der Waals surface area contributed by atoms with Crippen molar-refractivity contribution in [3.8, 4) is 39.5 Å². The maximum atomic E-state index is 10.7. The molecule has 0 aliphatic carbocycles. The zero-order valence-corrected chi connectivity index (χ0v) is 24.3. The smallest absolute Gasteiger partial charge is 0.137 e. The highest BCUT2D eigenvalue weighted by Crippen LogP contribution is 2.48. The minimum atomic E-state index is -0.0265. The summed E-state index contributed by atoms with van der Waals surface area (Å²) in [7, 11) is 0. The lowest BCUT2D eigenvalue weighted by atomic mass is 9.88. The molecule has 8 aromatic rings. The molecule has 0 unspecified atom stereocenters. The van der Waals surface area contributed by atoms with Gasteiger partial charge in [0.1, 0.15) is 11.6 Å². The Kier molecular flexibility index (Phi) is 4.72. The summed E-state index contributed by atoms with van der Waals surface area (Å²) in [5, 5.41) is 15.4. The van der Waals surface area contributed by atoms with Crippen molar-refractivity contribution in [2.75, 3.05) is 0 Å². The zero-order valence-electron chi connectivity index (χ0n) is 24.3. The van der Waals surface area contributed by atoms with Crippen LogP contribution in [0.2, 0.25) is 0 Å². The third-order valence-electron chi connectivity index (χ3n) is 9.15. The van der Waals surface area contributed by atoms with Gasteiger partial charge in [0.15, 0.2) is 0 Å². The second-order valence-electron chi connectivity index (χ2n) is 12.7. The predicted octanol–water partition coefficient (Wildman–Crippen LogP) is 9.93. The van der Waals surface area contributed by atoms with Crippen molar-refractivity contribution in [2.45, 2.75) is 26.2 Å². The van der Waals surface area contributed by atoms with Crippen LogP contribution in [0.5, 0.6) is 5.75 Å². The van der Waals surface area contributed by atoms with E-state index in [2.05, 4.69) is 121 Å². The van der Waals surface area contributed by atoms with E-state index in [-0.39, 0.29) is 11.2 Å². The van der Waals surface area contributed by atoms with Crippen molar-refractivity contribution in [2.24, 2.45) is 0 Å². The highest BCUT2D eigenvalue weighted by atomic mass is 16.3. The number of pyridine rings is 1. The van der Waals surface area contributed by atoms with Crippen LogP contribution in [0.4, 0.5) is 0 Å². The first-order valence-electron chi connectivity index (χ1n) is 14.8. The molecule has 4 heterocycles. The number of aromatic hydroxyl groups is 1. The number of hydrogen-bond donors (Lipinski definition) is 1. The molecule has 0 atom stereocenters. The number of nitrogens with zero attached hydrogens (tertiary/aromatic N) is 3. The van der Waals surface area contributed by atoms with Crippen molar-refractivity contribution < 1.29 is 5.11 Å². The van der Waals surface area contributed by atoms with Gasteiger partial charge < -0.3 is 9.67 Å². The van der Waals surface area contributed by atoms with Gasteiger partial charge >= 0.3 is 0 Å². The molecule has 43 heavy (non-hydrogen) atoms. The van der Waals surface area contributed by atoms with E-state index < -0.39 is 0 Å². The lowest BCUT2D eigenvalue weighted by Crippen LogP contribution is -2.12. The fourth-order valence-electron chi connectivity index (χ4n) is 7.13. The van der Waals surface area contributed by atoms with Gasteiger partial charge in [-0.1, -0.05) is 81.4 Å². The number of fused-ring (bicyclic) bond motifs is 11. The van der Waals surface area contributed by atoms with E-state index in [1.54, 1.807) is 6.07 Å². The van der Waals surface area contributed by atoms with Gasteiger partial charge in [0.25, 0.3) is 0 Å². The first-order valence-corrected chi connectivity index (χ1v) is 14.8. The van der Waals surface area contributed by atoms with Crippen molar-refractivity contribution >= 4 is 43.6 Å². The molecule has 0 spiro atoms. The predicted molar refractivity (Wildman–Crippen MR) is 178 cm³/mol. The van der Waals surface area contributed by atoms with E-state index in [0.717, 1.165) is 33.3 Å². The summed E-state index contributed by atoms with van der Waals surface area (Å²) in [6, 6.07) is 38.8. The minimum Gasteiger partial charge on any atom is -0.508 e. The fraction of sp³-hybridized carbons (Fsp3) is 0.103. The molecule has 206 valence electrons. The molecule has 0 radical (unpaired) electrons. The first kappa shape index (κ1) is 24.3. The molecule has 0 saturated carbocycles. The second kappa shape index (κ2) is 8.36. The molecular formula is C39H29N3O. The molecular weight excluding hydrogens is 526 g/mol. The van der Waals surface area contributed by atoms with E-state index >= 15 is 0 Å². The Bertz CT molecular complexity index is 2450. The van der Waals surface area contributed by atoms with Crippen molar-refractivity contribution in [3.63, 3.8) is 0 Å². The first-order chi connectivity index (χ1) is 20.9. The quantitative estimate of drug-likeness (QED) is 0.219. The Morgan fingerprint density at radius 2 is 1.26 bits per heavy atom. The van der Waals surface area contributed by atoms with Crippen LogP contribution in [0.15, 0.2) is 115 Å². The highest BCUT2D eigenvalue weighted by molar-refractivity contribution is 6.18.